The summed E-state index contributed by atoms with van der Waals surface area (Å²) >= 11 is 0. The second-order valence-electron chi connectivity index (χ2n) is 7.46. The van der Waals surface area contributed by atoms with E-state index in [2.05, 4.69) is 4.74 Å². The van der Waals surface area contributed by atoms with Crippen LogP contribution in [0, 0.1) is 5.82 Å². The molecular weight excluding hydrogens is 450 g/mol. The smallest absolute Gasteiger partial charge is 0.454 e. The van der Waals surface area contributed by atoms with Crippen molar-refractivity contribution >= 4 is 0 Å². The Hall–Kier alpha value is -3.20. The summed E-state index contributed by atoms with van der Waals surface area (Å²) in [6.07, 6.45) is -7.74. The van der Waals surface area contributed by atoms with Crippen molar-refractivity contribution in [1.82, 2.24) is 0 Å². The van der Waals surface area contributed by atoms with E-state index in [1.165, 1.54) is 25.1 Å². The van der Waals surface area contributed by atoms with Crippen LogP contribution in [0.3, 0.4) is 0 Å². The van der Waals surface area contributed by atoms with E-state index in [4.69, 9.17) is 9.47 Å². The molecule has 0 spiro atoms. The van der Waals surface area contributed by atoms with Crippen LogP contribution in [0.4, 0.5) is 26.3 Å². The number of alkyl halides is 5. The normalized spacial score (nSPS) is 13.6. The largest absolute Gasteiger partial charge is 0.573 e. The van der Waals surface area contributed by atoms with E-state index < -0.39 is 36.4 Å². The molecule has 0 saturated heterocycles. The molecule has 0 aromatic heterocycles. The van der Waals surface area contributed by atoms with Crippen LogP contribution < -0.4 is 9.47 Å². The van der Waals surface area contributed by atoms with Gasteiger partial charge in [-0.05, 0) is 54.4 Å². The molecule has 3 nitrogen and oxygen atoms in total. The third-order valence-corrected chi connectivity index (χ3v) is 4.87. The lowest BCUT2D eigenvalue weighted by atomic mass is 9.83. The summed E-state index contributed by atoms with van der Waals surface area (Å²) in [4.78, 5) is 0. The van der Waals surface area contributed by atoms with E-state index in [-0.39, 0.29) is 17.9 Å². The highest BCUT2D eigenvalue weighted by atomic mass is 19.4. The number of para-hydroxylation sites is 1. The van der Waals surface area contributed by atoms with Gasteiger partial charge in [0.25, 0.3) is 0 Å². The summed E-state index contributed by atoms with van der Waals surface area (Å²) in [7, 11) is 0. The van der Waals surface area contributed by atoms with Crippen molar-refractivity contribution < 1.29 is 40.6 Å². The van der Waals surface area contributed by atoms with E-state index in [9.17, 15) is 26.3 Å². The molecule has 1 atom stereocenters. The molecule has 176 valence electrons. The first-order valence-corrected chi connectivity index (χ1v) is 9.80. The number of benzene rings is 3. The molecule has 3 aromatic rings. The molecule has 0 heterocycles. The number of hydrogen-bond acceptors (Lipinski definition) is 3. The lowest BCUT2D eigenvalue weighted by molar-refractivity contribution is -0.274. The zero-order chi connectivity index (χ0) is 24.1. The Labute approximate surface area is 186 Å². The summed E-state index contributed by atoms with van der Waals surface area (Å²) in [5.41, 5.74) is -1.22. The molecule has 0 aliphatic rings. The number of rotatable bonds is 9. The van der Waals surface area contributed by atoms with Crippen molar-refractivity contribution in [3.05, 3.63) is 89.7 Å². The van der Waals surface area contributed by atoms with Crippen LogP contribution >= 0.6 is 0 Å². The van der Waals surface area contributed by atoms with E-state index in [0.717, 1.165) is 24.3 Å². The molecule has 0 amide bonds. The van der Waals surface area contributed by atoms with Crippen LogP contribution in [0.5, 0.6) is 17.2 Å². The second-order valence-corrected chi connectivity index (χ2v) is 7.46. The topological polar surface area (TPSA) is 27.7 Å². The van der Waals surface area contributed by atoms with Gasteiger partial charge in [-0.25, -0.2) is 13.2 Å². The molecule has 0 fully saturated rings. The summed E-state index contributed by atoms with van der Waals surface area (Å²) in [5.74, 6) is -0.723. The highest BCUT2D eigenvalue weighted by Crippen LogP contribution is 2.34. The number of hydrogen-bond donors (Lipinski definition) is 0. The van der Waals surface area contributed by atoms with Gasteiger partial charge >= 0.3 is 6.36 Å². The third-order valence-electron chi connectivity index (χ3n) is 4.87. The summed E-state index contributed by atoms with van der Waals surface area (Å²) in [6, 6.07) is 16.8. The lowest BCUT2D eigenvalue weighted by Crippen LogP contribution is -2.36. The molecule has 0 aliphatic carbocycles. The summed E-state index contributed by atoms with van der Waals surface area (Å²) in [6.45, 7) is 0.700. The Bertz CT molecular complexity index is 1040. The fraction of sp³-hybridized carbons (Fsp3) is 0.250. The van der Waals surface area contributed by atoms with Gasteiger partial charge in [-0.1, -0.05) is 36.4 Å². The minimum absolute atomic E-state index is 0.0424. The Kier molecular flexibility index (Phi) is 7.53. The molecule has 0 radical (unpaired) electrons. The minimum atomic E-state index is -4.88. The average molecular weight is 470 g/mol. The second kappa shape index (κ2) is 10.2. The molecule has 3 rings (SSSR count). The molecule has 0 saturated carbocycles. The Balaban J connectivity index is 1.67. The van der Waals surface area contributed by atoms with Crippen LogP contribution in [-0.4, -0.2) is 19.4 Å². The fourth-order valence-corrected chi connectivity index (χ4v) is 3.02. The fourth-order valence-electron chi connectivity index (χ4n) is 3.02. The van der Waals surface area contributed by atoms with Gasteiger partial charge in [0, 0.05) is 0 Å². The average Bonchev–Trinajstić information content (AvgIpc) is 2.76. The van der Waals surface area contributed by atoms with Gasteiger partial charge in [0.05, 0.1) is 18.6 Å². The van der Waals surface area contributed by atoms with Crippen molar-refractivity contribution in [3.8, 4) is 17.2 Å². The van der Waals surface area contributed by atoms with Crippen LogP contribution in [0.2, 0.25) is 0 Å². The molecular formula is C24H20F6O3. The highest BCUT2D eigenvalue weighted by Gasteiger charge is 2.38. The SMILES string of the molecule is CC(COCc1ccc(F)c(Oc2ccccc2)c1)(c1ccc(OC(F)(F)F)cc1)C(F)F. The van der Waals surface area contributed by atoms with E-state index in [1.54, 1.807) is 30.3 Å². The predicted octanol–water partition coefficient (Wildman–Crippen LogP) is 7.26. The first-order valence-electron chi connectivity index (χ1n) is 9.80. The first-order chi connectivity index (χ1) is 15.6. The van der Waals surface area contributed by atoms with Gasteiger partial charge in [0.15, 0.2) is 11.6 Å². The summed E-state index contributed by atoms with van der Waals surface area (Å²) < 4.78 is 93.5. The maximum atomic E-state index is 14.1. The third kappa shape index (κ3) is 6.64. The maximum absolute atomic E-state index is 14.1. The molecule has 33 heavy (non-hydrogen) atoms. The first kappa shape index (κ1) is 24.4. The van der Waals surface area contributed by atoms with Gasteiger partial charge in [0.2, 0.25) is 6.43 Å². The van der Waals surface area contributed by atoms with E-state index in [1.807, 2.05) is 0 Å². The van der Waals surface area contributed by atoms with Crippen molar-refractivity contribution in [2.45, 2.75) is 31.7 Å². The van der Waals surface area contributed by atoms with Gasteiger partial charge in [-0.3, -0.25) is 0 Å². The Morgan fingerprint density at radius 2 is 1.52 bits per heavy atom. The minimum Gasteiger partial charge on any atom is -0.454 e. The Morgan fingerprint density at radius 1 is 0.848 bits per heavy atom. The van der Waals surface area contributed by atoms with E-state index in [0.29, 0.717) is 11.3 Å². The molecule has 1 unspecified atom stereocenters. The zero-order valence-electron chi connectivity index (χ0n) is 17.4. The monoisotopic (exact) mass is 470 g/mol. The van der Waals surface area contributed by atoms with Crippen LogP contribution in [0.1, 0.15) is 18.1 Å². The predicted molar refractivity (Wildman–Crippen MR) is 109 cm³/mol. The van der Waals surface area contributed by atoms with Crippen molar-refractivity contribution in [1.29, 1.82) is 0 Å². The zero-order valence-corrected chi connectivity index (χ0v) is 17.4. The maximum Gasteiger partial charge on any atom is 0.573 e. The van der Waals surface area contributed by atoms with Crippen molar-refractivity contribution in [2.75, 3.05) is 6.61 Å². The van der Waals surface area contributed by atoms with Crippen molar-refractivity contribution in [2.24, 2.45) is 0 Å². The molecule has 0 bridgehead atoms. The van der Waals surface area contributed by atoms with Gasteiger partial charge in [0.1, 0.15) is 11.5 Å². The lowest BCUT2D eigenvalue weighted by Gasteiger charge is -2.29. The molecule has 0 N–H and O–H groups in total. The van der Waals surface area contributed by atoms with Crippen molar-refractivity contribution in [3.63, 3.8) is 0 Å². The number of ether oxygens (including phenoxy) is 3. The summed E-state index contributed by atoms with van der Waals surface area (Å²) in [5, 5.41) is 0. The molecule has 3 aromatic carbocycles. The standard InChI is InChI=1S/C24H20F6O3/c1-23(22(26)27,17-8-10-19(11-9-17)33-24(28,29)30)15-31-14-16-7-12-20(25)21(13-16)32-18-5-3-2-4-6-18/h2-13,22H,14-15H2,1H3. The van der Waals surface area contributed by atoms with Crippen LogP contribution in [0.25, 0.3) is 0 Å². The highest BCUT2D eigenvalue weighted by molar-refractivity contribution is 5.35. The van der Waals surface area contributed by atoms with E-state index >= 15 is 0 Å². The van der Waals surface area contributed by atoms with Crippen LogP contribution in [-0.2, 0) is 16.8 Å². The Morgan fingerprint density at radius 3 is 2.12 bits per heavy atom. The van der Waals surface area contributed by atoms with Gasteiger partial charge < -0.3 is 14.2 Å². The quantitative estimate of drug-likeness (QED) is 0.308. The van der Waals surface area contributed by atoms with Crippen LogP contribution in [0.15, 0.2) is 72.8 Å². The van der Waals surface area contributed by atoms with Gasteiger partial charge in [-0.2, -0.15) is 0 Å². The molecule has 9 heteroatoms. The van der Waals surface area contributed by atoms with Gasteiger partial charge in [-0.15, -0.1) is 13.2 Å². The molecule has 0 aliphatic heterocycles. The number of halogens is 6.